The van der Waals surface area contributed by atoms with Crippen LogP contribution in [0.25, 0.3) is 28.3 Å². The number of rotatable bonds is 9. The van der Waals surface area contributed by atoms with Gasteiger partial charge in [-0.2, -0.15) is 0 Å². The van der Waals surface area contributed by atoms with Crippen LogP contribution in [0.1, 0.15) is 11.1 Å². The van der Waals surface area contributed by atoms with E-state index in [1.165, 1.54) is 5.56 Å². The fourth-order valence-corrected chi connectivity index (χ4v) is 4.97. The van der Waals surface area contributed by atoms with E-state index in [1.54, 1.807) is 6.20 Å². The van der Waals surface area contributed by atoms with E-state index >= 15 is 0 Å². The maximum absolute atomic E-state index is 12.8. The van der Waals surface area contributed by atoms with Crippen LogP contribution >= 0.6 is 0 Å². The minimum Gasteiger partial charge on any atom is -0.326 e. The fourth-order valence-electron chi connectivity index (χ4n) is 4.97. The maximum atomic E-state index is 12.8. The fraction of sp³-hybridized carbons (Fsp3) is 0.118. The van der Waals surface area contributed by atoms with Crippen LogP contribution in [-0.2, 0) is 17.8 Å². The Morgan fingerprint density at radius 3 is 2.45 bits per heavy atom. The number of amides is 1. The summed E-state index contributed by atoms with van der Waals surface area (Å²) in [5.41, 5.74) is 7.78. The summed E-state index contributed by atoms with van der Waals surface area (Å²) >= 11 is 0. The Morgan fingerprint density at radius 2 is 1.60 bits per heavy atom. The second kappa shape index (κ2) is 12.0. The molecule has 3 heterocycles. The van der Waals surface area contributed by atoms with Crippen LogP contribution in [0.15, 0.2) is 116 Å². The van der Waals surface area contributed by atoms with Gasteiger partial charge in [0.25, 0.3) is 0 Å². The summed E-state index contributed by atoms with van der Waals surface area (Å²) in [6, 6.07) is 33.5. The molecule has 208 valence electrons. The average molecular weight is 554 g/mol. The lowest BCUT2D eigenvalue weighted by atomic mass is 10.1. The first-order valence-corrected chi connectivity index (χ1v) is 13.8. The topological polar surface area (TPSA) is 87.5 Å². The first kappa shape index (κ1) is 26.9. The molecule has 3 aromatic carbocycles. The van der Waals surface area contributed by atoms with Crippen LogP contribution < -0.4 is 10.6 Å². The highest BCUT2D eigenvalue weighted by Crippen LogP contribution is 2.33. The summed E-state index contributed by atoms with van der Waals surface area (Å²) in [4.78, 5) is 29.2. The minimum atomic E-state index is -0.0743. The molecule has 0 radical (unpaired) electrons. The highest BCUT2D eigenvalue weighted by atomic mass is 16.1. The van der Waals surface area contributed by atoms with Crippen molar-refractivity contribution in [2.75, 3.05) is 24.7 Å². The van der Waals surface area contributed by atoms with Gasteiger partial charge in [0.15, 0.2) is 0 Å². The quantitative estimate of drug-likeness (QED) is 0.214. The lowest BCUT2D eigenvalue weighted by molar-refractivity contribution is -0.115. The molecule has 42 heavy (non-hydrogen) atoms. The van der Waals surface area contributed by atoms with E-state index in [0.29, 0.717) is 18.1 Å². The third kappa shape index (κ3) is 6.19. The van der Waals surface area contributed by atoms with Crippen molar-refractivity contribution in [1.82, 2.24) is 24.3 Å². The summed E-state index contributed by atoms with van der Waals surface area (Å²) < 4.78 is 2.03. The van der Waals surface area contributed by atoms with E-state index in [4.69, 9.17) is 9.97 Å². The van der Waals surface area contributed by atoms with E-state index in [-0.39, 0.29) is 5.91 Å². The van der Waals surface area contributed by atoms with Gasteiger partial charge < -0.3 is 15.5 Å². The molecule has 0 aliphatic rings. The number of nitrogens with one attached hydrogen (secondary N) is 2. The third-order valence-electron chi connectivity index (χ3n) is 6.74. The van der Waals surface area contributed by atoms with E-state index < -0.39 is 0 Å². The standard InChI is InChI=1S/C34H31N7O/c1-40(2)23-25-12-8-14-27(20-25)37-34-35-18-17-29(38-34)33-32(39-30-16-6-7-19-41(30)33)26-13-9-15-28(22-26)36-31(42)21-24-10-4-3-5-11-24/h3-20,22H,21,23H2,1-2H3,(H,36,42)(H,35,37,38). The Labute approximate surface area is 244 Å². The summed E-state index contributed by atoms with van der Waals surface area (Å²) in [5, 5.41) is 6.39. The molecule has 2 N–H and O–H groups in total. The van der Waals surface area contributed by atoms with Gasteiger partial charge >= 0.3 is 0 Å². The van der Waals surface area contributed by atoms with Gasteiger partial charge in [-0.3, -0.25) is 9.20 Å². The number of anilines is 3. The number of imidazole rings is 1. The van der Waals surface area contributed by atoms with Gasteiger partial charge in [-0.25, -0.2) is 15.0 Å². The number of benzene rings is 3. The van der Waals surface area contributed by atoms with E-state index in [2.05, 4.69) is 46.7 Å². The van der Waals surface area contributed by atoms with Gasteiger partial charge in [0.1, 0.15) is 5.65 Å². The largest absolute Gasteiger partial charge is 0.326 e. The van der Waals surface area contributed by atoms with E-state index in [1.807, 2.05) is 102 Å². The molecule has 0 spiro atoms. The number of carbonyl (C=O) groups excluding carboxylic acids is 1. The van der Waals surface area contributed by atoms with Crippen molar-refractivity contribution in [2.24, 2.45) is 0 Å². The Morgan fingerprint density at radius 1 is 0.810 bits per heavy atom. The maximum Gasteiger partial charge on any atom is 0.228 e. The molecule has 1 amide bonds. The van der Waals surface area contributed by atoms with E-state index in [9.17, 15) is 4.79 Å². The van der Waals surface area contributed by atoms with Gasteiger partial charge in [-0.1, -0.05) is 60.7 Å². The molecule has 0 saturated heterocycles. The van der Waals surface area contributed by atoms with E-state index in [0.717, 1.165) is 46.1 Å². The van der Waals surface area contributed by atoms with Crippen molar-refractivity contribution in [3.63, 3.8) is 0 Å². The number of carbonyl (C=O) groups is 1. The molecule has 0 aliphatic heterocycles. The predicted molar refractivity (Wildman–Crippen MR) is 168 cm³/mol. The molecule has 0 unspecified atom stereocenters. The number of hydrogen-bond acceptors (Lipinski definition) is 6. The number of nitrogens with zero attached hydrogens (tertiary/aromatic N) is 5. The second-order valence-electron chi connectivity index (χ2n) is 10.4. The predicted octanol–water partition coefficient (Wildman–Crippen LogP) is 6.44. The summed E-state index contributed by atoms with van der Waals surface area (Å²) in [5.74, 6) is 0.419. The van der Waals surface area contributed by atoms with Gasteiger partial charge in [-0.15, -0.1) is 0 Å². The number of aromatic nitrogens is 4. The first-order valence-electron chi connectivity index (χ1n) is 13.8. The van der Waals surface area contributed by atoms with Crippen LogP contribution in [0.5, 0.6) is 0 Å². The molecule has 0 aliphatic carbocycles. The highest BCUT2D eigenvalue weighted by Gasteiger charge is 2.18. The van der Waals surface area contributed by atoms with Gasteiger partial charge in [0, 0.05) is 35.9 Å². The minimum absolute atomic E-state index is 0.0743. The molecule has 6 rings (SSSR count). The Balaban J connectivity index is 1.32. The Bertz CT molecular complexity index is 1850. The zero-order valence-electron chi connectivity index (χ0n) is 23.5. The van der Waals surface area contributed by atoms with Crippen molar-refractivity contribution >= 4 is 28.9 Å². The van der Waals surface area contributed by atoms with Crippen molar-refractivity contribution in [3.05, 3.63) is 127 Å². The van der Waals surface area contributed by atoms with Gasteiger partial charge in [-0.05, 0) is 67.7 Å². The van der Waals surface area contributed by atoms with Crippen molar-refractivity contribution < 1.29 is 4.79 Å². The van der Waals surface area contributed by atoms with Crippen LogP contribution in [0.2, 0.25) is 0 Å². The molecule has 0 saturated carbocycles. The van der Waals surface area contributed by atoms with Crippen molar-refractivity contribution in [2.45, 2.75) is 13.0 Å². The number of hydrogen-bond donors (Lipinski definition) is 2. The molecule has 8 nitrogen and oxygen atoms in total. The number of fused-ring (bicyclic) bond motifs is 1. The van der Waals surface area contributed by atoms with Crippen LogP contribution in [0, 0.1) is 0 Å². The normalized spacial score (nSPS) is 11.1. The molecular formula is C34H31N7O. The van der Waals surface area contributed by atoms with Crippen LogP contribution in [0.3, 0.4) is 0 Å². The Kier molecular flexibility index (Phi) is 7.70. The van der Waals surface area contributed by atoms with Crippen molar-refractivity contribution in [1.29, 1.82) is 0 Å². The zero-order chi connectivity index (χ0) is 28.9. The molecule has 0 bridgehead atoms. The monoisotopic (exact) mass is 553 g/mol. The highest BCUT2D eigenvalue weighted by molar-refractivity contribution is 5.93. The summed E-state index contributed by atoms with van der Waals surface area (Å²) in [7, 11) is 4.10. The SMILES string of the molecule is CN(C)Cc1cccc(Nc2nccc(-c3c(-c4cccc(NC(=O)Cc5ccccc5)c4)nc4ccccn34)n2)c1. The van der Waals surface area contributed by atoms with Gasteiger partial charge in [0.2, 0.25) is 11.9 Å². The smallest absolute Gasteiger partial charge is 0.228 e. The molecule has 0 fully saturated rings. The average Bonchev–Trinajstić information content (AvgIpc) is 3.38. The molecular weight excluding hydrogens is 522 g/mol. The molecule has 3 aromatic heterocycles. The third-order valence-corrected chi connectivity index (χ3v) is 6.74. The zero-order valence-corrected chi connectivity index (χ0v) is 23.5. The van der Waals surface area contributed by atoms with Gasteiger partial charge in [0.05, 0.1) is 23.5 Å². The first-order chi connectivity index (χ1) is 20.5. The molecule has 8 heteroatoms. The lowest BCUT2D eigenvalue weighted by Crippen LogP contribution is -2.14. The molecule has 0 atom stereocenters. The molecule has 6 aromatic rings. The summed E-state index contributed by atoms with van der Waals surface area (Å²) in [6.07, 6.45) is 4.03. The van der Waals surface area contributed by atoms with Crippen LogP contribution in [0.4, 0.5) is 17.3 Å². The second-order valence-corrected chi connectivity index (χ2v) is 10.4. The van der Waals surface area contributed by atoms with Crippen LogP contribution in [-0.4, -0.2) is 44.3 Å². The lowest BCUT2D eigenvalue weighted by Gasteiger charge is -2.12. The number of pyridine rings is 1. The van der Waals surface area contributed by atoms with Crippen molar-refractivity contribution in [3.8, 4) is 22.6 Å². The Hall–Kier alpha value is -5.34. The summed E-state index contributed by atoms with van der Waals surface area (Å²) in [6.45, 7) is 0.841.